The van der Waals surface area contributed by atoms with E-state index in [-0.39, 0.29) is 5.41 Å². The number of hydrogen-bond donors (Lipinski definition) is 1. The highest BCUT2D eigenvalue weighted by atomic mass is 16.5. The third-order valence-corrected chi connectivity index (χ3v) is 4.21. The molecule has 0 unspecified atom stereocenters. The van der Waals surface area contributed by atoms with Crippen molar-refractivity contribution < 1.29 is 9.47 Å². The standard InChI is InChI=1S/C16H19NO2/c1-18-14-5-3-4-12-11(14)6-7-13(15(12)19-2)16(10-17)8-9-16/h3-7H,8-10,17H2,1-2H3. The molecule has 0 aliphatic heterocycles. The number of benzene rings is 2. The predicted molar refractivity (Wildman–Crippen MR) is 77.0 cm³/mol. The van der Waals surface area contributed by atoms with E-state index in [1.54, 1.807) is 14.2 Å². The maximum Gasteiger partial charge on any atom is 0.130 e. The summed E-state index contributed by atoms with van der Waals surface area (Å²) < 4.78 is 11.1. The molecule has 0 saturated heterocycles. The molecule has 2 aromatic rings. The summed E-state index contributed by atoms with van der Waals surface area (Å²) in [6.45, 7) is 0.679. The summed E-state index contributed by atoms with van der Waals surface area (Å²) >= 11 is 0. The topological polar surface area (TPSA) is 44.5 Å². The number of hydrogen-bond acceptors (Lipinski definition) is 3. The Bertz CT molecular complexity index is 617. The number of rotatable bonds is 4. The first-order valence-corrected chi connectivity index (χ1v) is 6.60. The Kier molecular flexibility index (Phi) is 2.86. The van der Waals surface area contributed by atoms with Crippen LogP contribution in [-0.4, -0.2) is 20.8 Å². The third kappa shape index (κ3) is 1.77. The lowest BCUT2D eigenvalue weighted by Crippen LogP contribution is -2.20. The van der Waals surface area contributed by atoms with Gasteiger partial charge in [-0.15, -0.1) is 0 Å². The van der Waals surface area contributed by atoms with E-state index in [2.05, 4.69) is 18.2 Å². The maximum atomic E-state index is 5.94. The fourth-order valence-electron chi connectivity index (χ4n) is 2.85. The van der Waals surface area contributed by atoms with Crippen molar-refractivity contribution in [1.29, 1.82) is 0 Å². The molecule has 3 nitrogen and oxygen atoms in total. The van der Waals surface area contributed by atoms with Crippen LogP contribution in [0.5, 0.6) is 11.5 Å². The first-order chi connectivity index (χ1) is 9.25. The van der Waals surface area contributed by atoms with Crippen LogP contribution in [0.1, 0.15) is 18.4 Å². The lowest BCUT2D eigenvalue weighted by molar-refractivity contribution is 0.407. The van der Waals surface area contributed by atoms with Gasteiger partial charge in [0.15, 0.2) is 0 Å². The van der Waals surface area contributed by atoms with E-state index in [4.69, 9.17) is 15.2 Å². The second-order valence-corrected chi connectivity index (χ2v) is 5.19. The Balaban J connectivity index is 2.27. The fraction of sp³-hybridized carbons (Fsp3) is 0.375. The molecular weight excluding hydrogens is 238 g/mol. The highest BCUT2D eigenvalue weighted by Gasteiger charge is 2.45. The van der Waals surface area contributed by atoms with Gasteiger partial charge in [0.05, 0.1) is 14.2 Å². The summed E-state index contributed by atoms with van der Waals surface area (Å²) in [6, 6.07) is 10.3. The molecule has 0 radical (unpaired) electrons. The highest BCUT2D eigenvalue weighted by Crippen LogP contribution is 2.52. The van der Waals surface area contributed by atoms with Crippen molar-refractivity contribution >= 4 is 10.8 Å². The van der Waals surface area contributed by atoms with E-state index >= 15 is 0 Å². The molecule has 0 spiro atoms. The zero-order chi connectivity index (χ0) is 13.5. The molecule has 0 aromatic heterocycles. The summed E-state index contributed by atoms with van der Waals surface area (Å²) in [6.07, 6.45) is 2.30. The monoisotopic (exact) mass is 257 g/mol. The molecule has 1 aliphatic carbocycles. The normalized spacial score (nSPS) is 16.4. The van der Waals surface area contributed by atoms with Gasteiger partial charge in [0.2, 0.25) is 0 Å². The Morgan fingerprint density at radius 3 is 2.42 bits per heavy atom. The van der Waals surface area contributed by atoms with E-state index in [1.807, 2.05) is 12.1 Å². The second kappa shape index (κ2) is 4.42. The minimum atomic E-state index is 0.128. The first kappa shape index (κ1) is 12.3. The van der Waals surface area contributed by atoms with Crippen molar-refractivity contribution in [2.45, 2.75) is 18.3 Å². The van der Waals surface area contributed by atoms with E-state index in [9.17, 15) is 0 Å². The molecule has 3 heteroatoms. The van der Waals surface area contributed by atoms with Crippen molar-refractivity contribution in [1.82, 2.24) is 0 Å². The number of methoxy groups -OCH3 is 2. The molecule has 1 fully saturated rings. The molecule has 0 bridgehead atoms. The average Bonchev–Trinajstić information content (AvgIpc) is 3.26. The molecule has 1 saturated carbocycles. The SMILES string of the molecule is COc1cccc2c(OC)c(C3(CN)CC3)ccc12. The van der Waals surface area contributed by atoms with Crippen LogP contribution in [0, 0.1) is 0 Å². The largest absolute Gasteiger partial charge is 0.496 e. The Morgan fingerprint density at radius 1 is 1.05 bits per heavy atom. The van der Waals surface area contributed by atoms with E-state index in [1.165, 1.54) is 5.56 Å². The van der Waals surface area contributed by atoms with Gasteiger partial charge < -0.3 is 15.2 Å². The van der Waals surface area contributed by atoms with Crippen molar-refractivity contribution in [2.24, 2.45) is 5.73 Å². The lowest BCUT2D eigenvalue weighted by atomic mass is 9.92. The molecule has 1 aliphatic rings. The molecule has 0 heterocycles. The molecular formula is C16H19NO2. The summed E-state index contributed by atoms with van der Waals surface area (Å²) in [5, 5.41) is 2.18. The number of nitrogens with two attached hydrogens (primary N) is 1. The molecule has 3 rings (SSSR count). The van der Waals surface area contributed by atoms with Crippen LogP contribution in [0.25, 0.3) is 10.8 Å². The van der Waals surface area contributed by atoms with E-state index in [0.29, 0.717) is 6.54 Å². The number of ether oxygens (including phenoxy) is 2. The minimum Gasteiger partial charge on any atom is -0.496 e. The van der Waals surface area contributed by atoms with Gasteiger partial charge in [-0.2, -0.15) is 0 Å². The maximum absolute atomic E-state index is 5.94. The number of fused-ring (bicyclic) bond motifs is 1. The minimum absolute atomic E-state index is 0.128. The van der Waals surface area contributed by atoms with Gasteiger partial charge in [0.25, 0.3) is 0 Å². The predicted octanol–water partition coefficient (Wildman–Crippen LogP) is 2.85. The van der Waals surface area contributed by atoms with Crippen LogP contribution in [0.3, 0.4) is 0 Å². The van der Waals surface area contributed by atoms with Crippen LogP contribution in [0.15, 0.2) is 30.3 Å². The highest BCUT2D eigenvalue weighted by molar-refractivity contribution is 5.94. The van der Waals surface area contributed by atoms with E-state index < -0.39 is 0 Å². The molecule has 19 heavy (non-hydrogen) atoms. The van der Waals surface area contributed by atoms with Crippen LogP contribution >= 0.6 is 0 Å². The van der Waals surface area contributed by atoms with Gasteiger partial charge >= 0.3 is 0 Å². The summed E-state index contributed by atoms with van der Waals surface area (Å²) in [4.78, 5) is 0. The van der Waals surface area contributed by atoms with Crippen molar-refractivity contribution in [3.05, 3.63) is 35.9 Å². The zero-order valence-electron chi connectivity index (χ0n) is 11.4. The molecule has 2 aromatic carbocycles. The van der Waals surface area contributed by atoms with E-state index in [0.717, 1.165) is 35.1 Å². The smallest absolute Gasteiger partial charge is 0.130 e. The van der Waals surface area contributed by atoms with Crippen LogP contribution in [0.2, 0.25) is 0 Å². The van der Waals surface area contributed by atoms with Gasteiger partial charge in [-0.25, -0.2) is 0 Å². The van der Waals surface area contributed by atoms with Crippen LogP contribution in [-0.2, 0) is 5.41 Å². The molecule has 0 atom stereocenters. The second-order valence-electron chi connectivity index (χ2n) is 5.19. The first-order valence-electron chi connectivity index (χ1n) is 6.60. The molecule has 2 N–H and O–H groups in total. The van der Waals surface area contributed by atoms with Crippen LogP contribution in [0.4, 0.5) is 0 Å². The Morgan fingerprint density at radius 2 is 1.84 bits per heavy atom. The summed E-state index contributed by atoms with van der Waals surface area (Å²) in [5.74, 6) is 1.82. The lowest BCUT2D eigenvalue weighted by Gasteiger charge is -2.19. The van der Waals surface area contributed by atoms with Crippen molar-refractivity contribution in [2.75, 3.05) is 20.8 Å². The van der Waals surface area contributed by atoms with Gasteiger partial charge in [-0.1, -0.05) is 24.3 Å². The van der Waals surface area contributed by atoms with Gasteiger partial charge in [0.1, 0.15) is 11.5 Å². The third-order valence-electron chi connectivity index (χ3n) is 4.21. The summed E-state index contributed by atoms with van der Waals surface area (Å²) in [7, 11) is 3.42. The van der Waals surface area contributed by atoms with Crippen molar-refractivity contribution in [3.63, 3.8) is 0 Å². The van der Waals surface area contributed by atoms with Crippen molar-refractivity contribution in [3.8, 4) is 11.5 Å². The molecule has 0 amide bonds. The average molecular weight is 257 g/mol. The Labute approximate surface area is 113 Å². The zero-order valence-corrected chi connectivity index (χ0v) is 11.4. The van der Waals surface area contributed by atoms with Gasteiger partial charge in [-0.05, 0) is 18.9 Å². The van der Waals surface area contributed by atoms with Crippen LogP contribution < -0.4 is 15.2 Å². The van der Waals surface area contributed by atoms with Gasteiger partial charge in [0, 0.05) is 28.3 Å². The van der Waals surface area contributed by atoms with Gasteiger partial charge in [-0.3, -0.25) is 0 Å². The fourth-order valence-corrected chi connectivity index (χ4v) is 2.85. The summed E-state index contributed by atoms with van der Waals surface area (Å²) in [5.41, 5.74) is 7.31. The molecule has 100 valence electrons. The quantitative estimate of drug-likeness (QED) is 0.916. The Hall–Kier alpha value is -1.74.